The summed E-state index contributed by atoms with van der Waals surface area (Å²) in [5.74, 6) is 1.15. The van der Waals surface area contributed by atoms with E-state index in [9.17, 15) is 4.79 Å². The minimum Gasteiger partial charge on any atom is -0.494 e. The normalized spacial score (nSPS) is 10.6. The Morgan fingerprint density at radius 2 is 2.06 bits per heavy atom. The predicted octanol–water partition coefficient (Wildman–Crippen LogP) is 3.90. The fourth-order valence-electron chi connectivity index (χ4n) is 1.64. The first-order chi connectivity index (χ1) is 7.47. The van der Waals surface area contributed by atoms with Gasteiger partial charge in [0.05, 0.1) is 6.61 Å². The Balaban J connectivity index is 3.31. The lowest BCUT2D eigenvalue weighted by Gasteiger charge is -2.15. The Morgan fingerprint density at radius 1 is 1.44 bits per heavy atom. The van der Waals surface area contributed by atoms with E-state index < -0.39 is 5.24 Å². The summed E-state index contributed by atoms with van der Waals surface area (Å²) in [5, 5.41) is -0.414. The molecule has 1 aromatic rings. The van der Waals surface area contributed by atoms with Crippen molar-refractivity contribution in [3.63, 3.8) is 0 Å². The first-order valence-corrected chi connectivity index (χ1v) is 5.82. The number of rotatable bonds is 4. The van der Waals surface area contributed by atoms with Crippen molar-refractivity contribution >= 4 is 16.8 Å². The third-order valence-electron chi connectivity index (χ3n) is 2.49. The van der Waals surface area contributed by atoms with Crippen molar-refractivity contribution in [2.24, 2.45) is 0 Å². The van der Waals surface area contributed by atoms with Gasteiger partial charge in [0.2, 0.25) is 0 Å². The minimum atomic E-state index is -0.414. The largest absolute Gasteiger partial charge is 0.494 e. The van der Waals surface area contributed by atoms with Crippen LogP contribution in [0.15, 0.2) is 12.1 Å². The van der Waals surface area contributed by atoms with E-state index in [1.54, 1.807) is 0 Å². The summed E-state index contributed by atoms with van der Waals surface area (Å²) >= 11 is 5.53. The van der Waals surface area contributed by atoms with Crippen LogP contribution in [0.25, 0.3) is 0 Å². The molecule has 0 aliphatic carbocycles. The molecule has 0 N–H and O–H groups in total. The number of benzene rings is 1. The highest BCUT2D eigenvalue weighted by atomic mass is 35.5. The molecular formula is C13H17ClO2. The van der Waals surface area contributed by atoms with Gasteiger partial charge in [0.25, 0.3) is 5.24 Å². The molecule has 0 spiro atoms. The molecule has 0 unspecified atom stereocenters. The molecule has 16 heavy (non-hydrogen) atoms. The smallest absolute Gasteiger partial charge is 0.252 e. The molecule has 0 atom stereocenters. The van der Waals surface area contributed by atoms with Crippen LogP contribution in [-0.4, -0.2) is 11.8 Å². The molecule has 0 aliphatic rings. The molecule has 0 heterocycles. The Labute approximate surface area is 102 Å². The highest BCUT2D eigenvalue weighted by Crippen LogP contribution is 2.30. The number of hydrogen-bond acceptors (Lipinski definition) is 2. The molecule has 88 valence electrons. The van der Waals surface area contributed by atoms with E-state index in [0.29, 0.717) is 18.1 Å². The van der Waals surface area contributed by atoms with E-state index in [0.717, 1.165) is 16.9 Å². The zero-order chi connectivity index (χ0) is 12.3. The van der Waals surface area contributed by atoms with Gasteiger partial charge in [0, 0.05) is 5.56 Å². The summed E-state index contributed by atoms with van der Waals surface area (Å²) in [6, 6.07) is 3.72. The van der Waals surface area contributed by atoms with Crippen molar-refractivity contribution in [1.29, 1.82) is 0 Å². The van der Waals surface area contributed by atoms with Crippen molar-refractivity contribution < 1.29 is 9.53 Å². The number of carbonyl (C=O) groups excluding carboxylic acids is 1. The second-order valence-corrected chi connectivity index (χ2v) is 4.41. The maximum absolute atomic E-state index is 11.2. The quantitative estimate of drug-likeness (QED) is 0.747. The lowest BCUT2D eigenvalue weighted by molar-refractivity contribution is 0.108. The van der Waals surface area contributed by atoms with Gasteiger partial charge in [-0.3, -0.25) is 4.79 Å². The number of ether oxygens (including phenoxy) is 1. The molecule has 1 aromatic carbocycles. The van der Waals surface area contributed by atoms with Crippen LogP contribution in [0.3, 0.4) is 0 Å². The first kappa shape index (κ1) is 13.0. The molecule has 0 aliphatic heterocycles. The monoisotopic (exact) mass is 240 g/mol. The van der Waals surface area contributed by atoms with Crippen LogP contribution < -0.4 is 4.74 Å². The first-order valence-electron chi connectivity index (χ1n) is 5.44. The zero-order valence-electron chi connectivity index (χ0n) is 10.1. The Kier molecular flexibility index (Phi) is 4.36. The lowest BCUT2D eigenvalue weighted by Crippen LogP contribution is -2.03. The predicted molar refractivity (Wildman–Crippen MR) is 66.6 cm³/mol. The third-order valence-corrected chi connectivity index (χ3v) is 2.69. The van der Waals surface area contributed by atoms with Crippen molar-refractivity contribution in [2.45, 2.75) is 33.6 Å². The average Bonchev–Trinajstić information content (AvgIpc) is 2.17. The van der Waals surface area contributed by atoms with E-state index in [2.05, 4.69) is 13.8 Å². The molecular weight excluding hydrogens is 224 g/mol. The second kappa shape index (κ2) is 5.35. The van der Waals surface area contributed by atoms with Crippen molar-refractivity contribution in [1.82, 2.24) is 0 Å². The number of halogens is 1. The molecule has 0 aromatic heterocycles. The van der Waals surface area contributed by atoms with E-state index >= 15 is 0 Å². The standard InChI is InChI=1S/C13H17ClO2/c1-5-16-12-6-9(4)11(13(14)15)7-10(12)8(2)3/h6-8H,5H2,1-4H3. The van der Waals surface area contributed by atoms with Crippen LogP contribution >= 0.6 is 11.6 Å². The van der Waals surface area contributed by atoms with Crippen molar-refractivity contribution in [3.8, 4) is 5.75 Å². The van der Waals surface area contributed by atoms with Gasteiger partial charge in [-0.25, -0.2) is 0 Å². The van der Waals surface area contributed by atoms with E-state index in [1.807, 2.05) is 26.0 Å². The molecule has 0 saturated heterocycles. The lowest BCUT2D eigenvalue weighted by atomic mass is 9.97. The van der Waals surface area contributed by atoms with Crippen LogP contribution in [0.2, 0.25) is 0 Å². The Bertz CT molecular complexity index is 397. The molecule has 0 fully saturated rings. The Hall–Kier alpha value is -1.02. The van der Waals surface area contributed by atoms with E-state index in [-0.39, 0.29) is 0 Å². The van der Waals surface area contributed by atoms with Crippen LogP contribution in [0.1, 0.15) is 48.2 Å². The summed E-state index contributed by atoms with van der Waals surface area (Å²) in [6.45, 7) is 8.56. The third kappa shape index (κ3) is 2.76. The van der Waals surface area contributed by atoms with Crippen molar-refractivity contribution in [3.05, 3.63) is 28.8 Å². The van der Waals surface area contributed by atoms with Gasteiger partial charge >= 0.3 is 0 Å². The van der Waals surface area contributed by atoms with E-state index in [4.69, 9.17) is 16.3 Å². The fourth-order valence-corrected chi connectivity index (χ4v) is 1.85. The molecule has 2 nitrogen and oxygen atoms in total. The Morgan fingerprint density at radius 3 is 2.50 bits per heavy atom. The summed E-state index contributed by atoms with van der Waals surface area (Å²) in [7, 11) is 0. The van der Waals surface area contributed by atoms with Crippen LogP contribution in [0, 0.1) is 6.92 Å². The second-order valence-electron chi connectivity index (χ2n) is 4.07. The molecule has 0 amide bonds. The van der Waals surface area contributed by atoms with E-state index in [1.165, 1.54) is 0 Å². The van der Waals surface area contributed by atoms with Gasteiger partial charge in [-0.15, -0.1) is 0 Å². The summed E-state index contributed by atoms with van der Waals surface area (Å²) in [6.07, 6.45) is 0. The maximum atomic E-state index is 11.2. The highest BCUT2D eigenvalue weighted by Gasteiger charge is 2.14. The number of carbonyl (C=O) groups is 1. The molecule has 3 heteroatoms. The summed E-state index contributed by atoms with van der Waals surface area (Å²) < 4.78 is 5.56. The molecule has 0 saturated carbocycles. The SMILES string of the molecule is CCOc1cc(C)c(C(=O)Cl)cc1C(C)C. The van der Waals surface area contributed by atoms with Crippen molar-refractivity contribution in [2.75, 3.05) is 6.61 Å². The highest BCUT2D eigenvalue weighted by molar-refractivity contribution is 6.67. The van der Waals surface area contributed by atoms with Crippen LogP contribution in [0.5, 0.6) is 5.75 Å². The van der Waals surface area contributed by atoms with Gasteiger partial charge in [0.1, 0.15) is 5.75 Å². The van der Waals surface area contributed by atoms with Gasteiger partial charge in [-0.2, -0.15) is 0 Å². The summed E-state index contributed by atoms with van der Waals surface area (Å²) in [5.41, 5.74) is 2.44. The molecule has 1 rings (SSSR count). The van der Waals surface area contributed by atoms with Crippen LogP contribution in [0.4, 0.5) is 0 Å². The minimum absolute atomic E-state index is 0.303. The number of hydrogen-bond donors (Lipinski definition) is 0. The fraction of sp³-hybridized carbons (Fsp3) is 0.462. The maximum Gasteiger partial charge on any atom is 0.252 e. The summed E-state index contributed by atoms with van der Waals surface area (Å²) in [4.78, 5) is 11.2. The van der Waals surface area contributed by atoms with Crippen LogP contribution in [-0.2, 0) is 0 Å². The van der Waals surface area contributed by atoms with Gasteiger partial charge < -0.3 is 4.74 Å². The topological polar surface area (TPSA) is 26.3 Å². The number of aryl methyl sites for hydroxylation is 1. The van der Waals surface area contributed by atoms with Gasteiger partial charge in [-0.1, -0.05) is 13.8 Å². The van der Waals surface area contributed by atoms with Gasteiger partial charge in [-0.05, 0) is 54.6 Å². The average molecular weight is 241 g/mol. The zero-order valence-corrected chi connectivity index (χ0v) is 10.9. The van der Waals surface area contributed by atoms with Gasteiger partial charge in [0.15, 0.2) is 0 Å². The molecule has 0 radical (unpaired) electrons. The molecule has 0 bridgehead atoms.